The van der Waals surface area contributed by atoms with Crippen LogP contribution in [0.2, 0.25) is 0 Å². The van der Waals surface area contributed by atoms with Crippen molar-refractivity contribution in [1.29, 1.82) is 0 Å². The van der Waals surface area contributed by atoms with Gasteiger partial charge in [-0.15, -0.1) is 5.10 Å². The molecule has 0 spiro atoms. The summed E-state index contributed by atoms with van der Waals surface area (Å²) >= 11 is 0. The van der Waals surface area contributed by atoms with E-state index in [4.69, 9.17) is 0 Å². The van der Waals surface area contributed by atoms with E-state index >= 15 is 0 Å². The Morgan fingerprint density at radius 1 is 1.33 bits per heavy atom. The lowest BCUT2D eigenvalue weighted by atomic mass is 9.87. The highest BCUT2D eigenvalue weighted by atomic mass is 19.1. The van der Waals surface area contributed by atoms with Gasteiger partial charge in [-0.25, -0.2) is 14.1 Å². The number of piperidine rings is 1. The van der Waals surface area contributed by atoms with E-state index in [1.807, 2.05) is 20.8 Å². The highest BCUT2D eigenvalue weighted by molar-refractivity contribution is 5.90. The third-order valence-corrected chi connectivity index (χ3v) is 4.90. The highest BCUT2D eigenvalue weighted by Crippen LogP contribution is 2.25. The molecule has 1 N–H and O–H groups in total. The molecule has 1 aromatic heterocycles. The number of rotatable bonds is 4. The maximum atomic E-state index is 13.6. The van der Waals surface area contributed by atoms with Crippen molar-refractivity contribution >= 4 is 11.9 Å². The van der Waals surface area contributed by atoms with Gasteiger partial charge in [0.2, 0.25) is 5.82 Å². The number of carboxylic acid groups (broad SMARTS) is 1. The van der Waals surface area contributed by atoms with Crippen molar-refractivity contribution in [1.82, 2.24) is 19.7 Å². The number of carbonyl (C=O) groups excluding carboxylic acids is 1. The Hall–Kier alpha value is -2.77. The van der Waals surface area contributed by atoms with E-state index in [2.05, 4.69) is 10.1 Å². The molecule has 3 rings (SSSR count). The number of hydrogen-bond acceptors (Lipinski definition) is 4. The Morgan fingerprint density at radius 3 is 2.67 bits per heavy atom. The molecule has 7 nitrogen and oxygen atoms in total. The molecule has 1 amide bonds. The molecule has 0 aliphatic carbocycles. The summed E-state index contributed by atoms with van der Waals surface area (Å²) in [6, 6.07) is 5.97. The van der Waals surface area contributed by atoms with Gasteiger partial charge in [-0.2, -0.15) is 0 Å². The summed E-state index contributed by atoms with van der Waals surface area (Å²) in [5.74, 6) is -1.54. The second kappa shape index (κ2) is 7.46. The molecule has 0 saturated carbocycles. The van der Waals surface area contributed by atoms with Crippen molar-refractivity contribution in [2.45, 2.75) is 33.1 Å². The number of carboxylic acids is 1. The fourth-order valence-electron chi connectivity index (χ4n) is 3.42. The average molecular weight is 374 g/mol. The molecule has 144 valence electrons. The molecule has 8 heteroatoms. The lowest BCUT2D eigenvalue weighted by molar-refractivity contribution is -0.145. The van der Waals surface area contributed by atoms with Crippen molar-refractivity contribution in [2.75, 3.05) is 13.1 Å². The molecule has 1 aromatic carbocycles. The Kier molecular flexibility index (Phi) is 5.25. The zero-order valence-corrected chi connectivity index (χ0v) is 15.6. The predicted molar refractivity (Wildman–Crippen MR) is 96.2 cm³/mol. The predicted octanol–water partition coefficient (Wildman–Crippen LogP) is 2.71. The number of carbonyl (C=O) groups is 2. The van der Waals surface area contributed by atoms with Gasteiger partial charge in [0.1, 0.15) is 11.6 Å². The van der Waals surface area contributed by atoms with Gasteiger partial charge in [0.15, 0.2) is 0 Å². The van der Waals surface area contributed by atoms with Crippen LogP contribution in [0.3, 0.4) is 0 Å². The first-order valence-corrected chi connectivity index (χ1v) is 9.03. The molecule has 2 atom stereocenters. The second-order valence-electron chi connectivity index (χ2n) is 7.30. The second-order valence-corrected chi connectivity index (χ2v) is 7.30. The monoisotopic (exact) mass is 374 g/mol. The number of likely N-dealkylation sites (tertiary alicyclic amines) is 1. The molecule has 1 aliphatic rings. The fraction of sp³-hybridized carbons (Fsp3) is 0.474. The van der Waals surface area contributed by atoms with Gasteiger partial charge in [0.25, 0.3) is 5.91 Å². The summed E-state index contributed by atoms with van der Waals surface area (Å²) in [6.07, 6.45) is 0.407. The third kappa shape index (κ3) is 3.84. The van der Waals surface area contributed by atoms with E-state index in [9.17, 15) is 19.1 Å². The number of hydrogen-bond donors (Lipinski definition) is 1. The van der Waals surface area contributed by atoms with Gasteiger partial charge >= 0.3 is 5.97 Å². The molecule has 0 radical (unpaired) electrons. The molecular formula is C19H23FN4O3. The van der Waals surface area contributed by atoms with Crippen LogP contribution in [0.5, 0.6) is 0 Å². The van der Waals surface area contributed by atoms with Gasteiger partial charge in [0.05, 0.1) is 11.6 Å². The largest absolute Gasteiger partial charge is 0.481 e. The first-order valence-electron chi connectivity index (χ1n) is 9.03. The van der Waals surface area contributed by atoms with Gasteiger partial charge in [-0.05, 0) is 30.5 Å². The normalized spacial score (nSPS) is 20.1. The first kappa shape index (κ1) is 19.0. The van der Waals surface area contributed by atoms with Crippen molar-refractivity contribution in [3.63, 3.8) is 0 Å². The quantitative estimate of drug-likeness (QED) is 0.889. The summed E-state index contributed by atoms with van der Waals surface area (Å²) in [6.45, 7) is 6.38. The van der Waals surface area contributed by atoms with Crippen LogP contribution in [0.15, 0.2) is 24.3 Å². The first-order chi connectivity index (χ1) is 12.8. The zero-order chi connectivity index (χ0) is 19.7. The number of nitrogens with zero attached hydrogens (tertiary/aromatic N) is 4. The van der Waals surface area contributed by atoms with Crippen LogP contribution in [0, 0.1) is 17.7 Å². The maximum absolute atomic E-state index is 13.6. The Bertz CT molecular complexity index is 864. The van der Waals surface area contributed by atoms with Crippen LogP contribution >= 0.6 is 0 Å². The minimum absolute atomic E-state index is 0.0148. The topological polar surface area (TPSA) is 88.3 Å². The van der Waals surface area contributed by atoms with Crippen molar-refractivity contribution < 1.29 is 19.1 Å². The lowest BCUT2D eigenvalue weighted by Gasteiger charge is -2.34. The molecule has 2 unspecified atom stereocenters. The maximum Gasteiger partial charge on any atom is 0.306 e. The molecule has 2 aromatic rings. The summed E-state index contributed by atoms with van der Waals surface area (Å²) < 4.78 is 15.1. The van der Waals surface area contributed by atoms with E-state index < -0.39 is 17.7 Å². The van der Waals surface area contributed by atoms with Crippen molar-refractivity contribution in [3.8, 4) is 5.69 Å². The number of aliphatic carboxylic acids is 1. The number of amides is 1. The SMILES string of the molecule is CC(C)c1nc(C(=O)N2CCC(C(=O)O)C(C)C2)nn1-c1cccc(F)c1. The summed E-state index contributed by atoms with van der Waals surface area (Å²) in [5, 5.41) is 13.6. The van der Waals surface area contributed by atoms with E-state index in [0.717, 1.165) is 0 Å². The van der Waals surface area contributed by atoms with Gasteiger partial charge in [0, 0.05) is 19.0 Å². The van der Waals surface area contributed by atoms with Gasteiger partial charge in [-0.1, -0.05) is 26.8 Å². The molecule has 1 saturated heterocycles. The summed E-state index contributed by atoms with van der Waals surface area (Å²) in [4.78, 5) is 30.1. The van der Waals surface area contributed by atoms with E-state index in [0.29, 0.717) is 31.0 Å². The lowest BCUT2D eigenvalue weighted by Crippen LogP contribution is -2.45. The Balaban J connectivity index is 1.88. The van der Waals surface area contributed by atoms with Crippen molar-refractivity contribution in [2.24, 2.45) is 11.8 Å². The van der Waals surface area contributed by atoms with Crippen LogP contribution < -0.4 is 0 Å². The molecule has 2 heterocycles. The molecule has 27 heavy (non-hydrogen) atoms. The fourth-order valence-corrected chi connectivity index (χ4v) is 3.42. The average Bonchev–Trinajstić information content (AvgIpc) is 3.06. The van der Waals surface area contributed by atoms with E-state index in [1.54, 1.807) is 17.0 Å². The van der Waals surface area contributed by atoms with Crippen LogP contribution in [-0.4, -0.2) is 49.7 Å². The highest BCUT2D eigenvalue weighted by Gasteiger charge is 2.34. The summed E-state index contributed by atoms with van der Waals surface area (Å²) in [5.41, 5.74) is 0.503. The minimum atomic E-state index is -0.829. The summed E-state index contributed by atoms with van der Waals surface area (Å²) in [7, 11) is 0. The molecular weight excluding hydrogens is 351 g/mol. The third-order valence-electron chi connectivity index (χ3n) is 4.90. The van der Waals surface area contributed by atoms with E-state index in [-0.39, 0.29) is 23.6 Å². The van der Waals surface area contributed by atoms with Crippen LogP contribution in [0.25, 0.3) is 5.69 Å². The van der Waals surface area contributed by atoms with E-state index in [1.165, 1.54) is 16.8 Å². The van der Waals surface area contributed by atoms with Gasteiger partial charge in [-0.3, -0.25) is 9.59 Å². The zero-order valence-electron chi connectivity index (χ0n) is 15.6. The van der Waals surface area contributed by atoms with Gasteiger partial charge < -0.3 is 10.0 Å². The van der Waals surface area contributed by atoms with Crippen molar-refractivity contribution in [3.05, 3.63) is 41.7 Å². The molecule has 1 fully saturated rings. The smallest absolute Gasteiger partial charge is 0.306 e. The molecule has 1 aliphatic heterocycles. The van der Waals surface area contributed by atoms with Crippen LogP contribution in [-0.2, 0) is 4.79 Å². The number of halogens is 1. The Morgan fingerprint density at radius 2 is 2.07 bits per heavy atom. The minimum Gasteiger partial charge on any atom is -0.481 e. The molecule has 0 bridgehead atoms. The standard InChI is InChI=1S/C19H23FN4O3/c1-11(2)17-21-16(22-24(17)14-6-4-5-13(20)9-14)18(25)23-8-7-15(19(26)27)12(3)10-23/h4-6,9,11-12,15H,7-8,10H2,1-3H3,(H,26,27). The number of aromatic nitrogens is 3. The van der Waals surface area contributed by atoms with Crippen LogP contribution in [0.1, 0.15) is 49.6 Å². The number of benzene rings is 1. The Labute approximate surface area is 156 Å². The van der Waals surface area contributed by atoms with Crippen LogP contribution in [0.4, 0.5) is 4.39 Å².